The lowest BCUT2D eigenvalue weighted by Gasteiger charge is -2.12. The second-order valence-corrected chi connectivity index (χ2v) is 10.1. The molecular formula is C22H19N3O3S3. The SMILES string of the molecule is O=C(CCc1nnc(-c2ccsc2)o1)Nc1sc2c(c1C(=O)c1cccs1)CCCC2. The fourth-order valence-corrected chi connectivity index (χ4v) is 6.29. The zero-order valence-corrected chi connectivity index (χ0v) is 19.0. The van der Waals surface area contributed by atoms with E-state index in [1.54, 1.807) is 22.7 Å². The highest BCUT2D eigenvalue weighted by molar-refractivity contribution is 7.17. The molecular weight excluding hydrogens is 450 g/mol. The molecule has 1 N–H and O–H groups in total. The van der Waals surface area contributed by atoms with Gasteiger partial charge in [-0.1, -0.05) is 6.07 Å². The van der Waals surface area contributed by atoms with Crippen molar-refractivity contribution in [1.29, 1.82) is 0 Å². The molecule has 1 aliphatic rings. The minimum Gasteiger partial charge on any atom is -0.421 e. The molecule has 6 nitrogen and oxygen atoms in total. The average molecular weight is 470 g/mol. The summed E-state index contributed by atoms with van der Waals surface area (Å²) in [4.78, 5) is 27.8. The second kappa shape index (κ2) is 8.86. The van der Waals surface area contributed by atoms with Crippen LogP contribution in [0.3, 0.4) is 0 Å². The zero-order valence-electron chi connectivity index (χ0n) is 16.6. The largest absolute Gasteiger partial charge is 0.421 e. The maximum absolute atomic E-state index is 13.2. The summed E-state index contributed by atoms with van der Waals surface area (Å²) in [7, 11) is 0. The van der Waals surface area contributed by atoms with Gasteiger partial charge in [0.05, 0.1) is 10.4 Å². The highest BCUT2D eigenvalue weighted by Crippen LogP contribution is 2.40. The Morgan fingerprint density at radius 2 is 2.03 bits per heavy atom. The maximum Gasteiger partial charge on any atom is 0.248 e. The molecule has 0 spiro atoms. The summed E-state index contributed by atoms with van der Waals surface area (Å²) in [5, 5.41) is 17.5. The predicted octanol–water partition coefficient (Wildman–Crippen LogP) is 5.60. The summed E-state index contributed by atoms with van der Waals surface area (Å²) >= 11 is 4.53. The standard InChI is InChI=1S/C22H19N3O3S3/c26-17(7-8-18-24-25-21(28-18)13-9-11-29-12-13)23-22-19(20(27)16-6-3-10-30-16)14-4-1-2-5-15(14)31-22/h3,6,9-12H,1-2,4-5,7-8H2,(H,23,26). The first kappa shape index (κ1) is 20.3. The number of hydrogen-bond donors (Lipinski definition) is 1. The Hall–Kier alpha value is -2.62. The molecule has 0 bridgehead atoms. The van der Waals surface area contributed by atoms with Crippen molar-refractivity contribution in [2.45, 2.75) is 38.5 Å². The van der Waals surface area contributed by atoms with Crippen molar-refractivity contribution >= 4 is 50.7 Å². The molecule has 4 aromatic rings. The normalized spacial score (nSPS) is 13.2. The van der Waals surface area contributed by atoms with Crippen molar-refractivity contribution in [3.8, 4) is 11.5 Å². The fraction of sp³-hybridized carbons (Fsp3) is 0.273. The van der Waals surface area contributed by atoms with Crippen LogP contribution < -0.4 is 5.32 Å². The van der Waals surface area contributed by atoms with Gasteiger partial charge >= 0.3 is 0 Å². The fourth-order valence-electron chi connectivity index (χ4n) is 3.69. The first-order valence-electron chi connectivity index (χ1n) is 10.1. The van der Waals surface area contributed by atoms with E-state index in [1.807, 2.05) is 34.3 Å². The summed E-state index contributed by atoms with van der Waals surface area (Å²) in [6.07, 6.45) is 4.61. The third-order valence-electron chi connectivity index (χ3n) is 5.20. The Balaban J connectivity index is 1.31. The van der Waals surface area contributed by atoms with E-state index >= 15 is 0 Å². The number of aromatic nitrogens is 2. The lowest BCUT2D eigenvalue weighted by molar-refractivity contribution is -0.116. The van der Waals surface area contributed by atoms with Crippen molar-refractivity contribution in [3.63, 3.8) is 0 Å². The summed E-state index contributed by atoms with van der Waals surface area (Å²) < 4.78 is 5.66. The summed E-state index contributed by atoms with van der Waals surface area (Å²) in [6.45, 7) is 0. The average Bonchev–Trinajstić information content (AvgIpc) is 3.58. The van der Waals surface area contributed by atoms with Gasteiger partial charge in [-0.2, -0.15) is 11.3 Å². The lowest BCUT2D eigenvalue weighted by atomic mass is 9.93. The Labute approximate surface area is 191 Å². The third-order valence-corrected chi connectivity index (χ3v) is 7.96. The Kier molecular flexibility index (Phi) is 5.80. The van der Waals surface area contributed by atoms with Crippen molar-refractivity contribution in [2.24, 2.45) is 0 Å². The van der Waals surface area contributed by atoms with E-state index < -0.39 is 0 Å². The van der Waals surface area contributed by atoms with Crippen molar-refractivity contribution in [2.75, 3.05) is 5.32 Å². The van der Waals surface area contributed by atoms with Crippen LogP contribution in [0, 0.1) is 0 Å². The quantitative estimate of drug-likeness (QED) is 0.356. The molecule has 9 heteroatoms. The number of aryl methyl sites for hydroxylation is 2. The molecule has 1 amide bonds. The molecule has 0 saturated heterocycles. The summed E-state index contributed by atoms with van der Waals surface area (Å²) in [6, 6.07) is 5.63. The van der Waals surface area contributed by atoms with Gasteiger partial charge in [0, 0.05) is 28.7 Å². The number of rotatable bonds is 7. The predicted molar refractivity (Wildman–Crippen MR) is 123 cm³/mol. The van der Waals surface area contributed by atoms with E-state index in [0.29, 0.717) is 33.6 Å². The third kappa shape index (κ3) is 4.26. The first-order valence-corrected chi connectivity index (χ1v) is 12.7. The minimum atomic E-state index is -0.158. The van der Waals surface area contributed by atoms with Crippen LogP contribution in [-0.4, -0.2) is 21.9 Å². The van der Waals surface area contributed by atoms with Crippen molar-refractivity contribution < 1.29 is 14.0 Å². The van der Waals surface area contributed by atoms with Crippen LogP contribution in [0.15, 0.2) is 38.8 Å². The van der Waals surface area contributed by atoms with Gasteiger partial charge in [0.2, 0.25) is 23.5 Å². The van der Waals surface area contributed by atoms with Crippen LogP contribution in [0.2, 0.25) is 0 Å². The number of thiophene rings is 3. The molecule has 0 unspecified atom stereocenters. The molecule has 158 valence electrons. The smallest absolute Gasteiger partial charge is 0.248 e. The molecule has 0 atom stereocenters. The number of carbonyl (C=O) groups excluding carboxylic acids is 2. The number of fused-ring (bicyclic) bond motifs is 1. The van der Waals surface area contributed by atoms with Crippen LogP contribution >= 0.6 is 34.0 Å². The number of hydrogen-bond acceptors (Lipinski definition) is 8. The van der Waals surface area contributed by atoms with Gasteiger partial charge in [0.1, 0.15) is 5.00 Å². The first-order chi connectivity index (χ1) is 15.2. The number of carbonyl (C=O) groups is 2. The molecule has 4 aromatic heterocycles. The molecule has 0 radical (unpaired) electrons. The Morgan fingerprint density at radius 1 is 1.13 bits per heavy atom. The van der Waals surface area contributed by atoms with Gasteiger partial charge in [-0.25, -0.2) is 0 Å². The zero-order chi connectivity index (χ0) is 21.2. The number of ketones is 1. The minimum absolute atomic E-state index is 0.00186. The van der Waals surface area contributed by atoms with Crippen LogP contribution in [0.25, 0.3) is 11.5 Å². The van der Waals surface area contributed by atoms with Gasteiger partial charge in [0.25, 0.3) is 0 Å². The van der Waals surface area contributed by atoms with Gasteiger partial charge < -0.3 is 9.73 Å². The molecule has 0 aliphatic heterocycles. The molecule has 4 heterocycles. The van der Waals surface area contributed by atoms with Crippen LogP contribution in [0.4, 0.5) is 5.00 Å². The van der Waals surface area contributed by atoms with E-state index in [2.05, 4.69) is 15.5 Å². The summed E-state index contributed by atoms with van der Waals surface area (Å²) in [5.41, 5.74) is 2.67. The molecule has 0 aromatic carbocycles. The van der Waals surface area contributed by atoms with Crippen LogP contribution in [-0.2, 0) is 24.1 Å². The summed E-state index contributed by atoms with van der Waals surface area (Å²) in [5.74, 6) is 0.735. The Bertz CT molecular complexity index is 1210. The highest BCUT2D eigenvalue weighted by Gasteiger charge is 2.27. The van der Waals surface area contributed by atoms with E-state index in [9.17, 15) is 9.59 Å². The van der Waals surface area contributed by atoms with Crippen LogP contribution in [0.5, 0.6) is 0 Å². The number of nitrogens with zero attached hydrogens (tertiary/aromatic N) is 2. The molecule has 1 aliphatic carbocycles. The molecule has 5 rings (SSSR count). The van der Waals surface area contributed by atoms with Crippen molar-refractivity contribution in [1.82, 2.24) is 10.2 Å². The highest BCUT2D eigenvalue weighted by atomic mass is 32.1. The van der Waals surface area contributed by atoms with E-state index in [-0.39, 0.29) is 18.1 Å². The van der Waals surface area contributed by atoms with E-state index in [0.717, 1.165) is 36.8 Å². The molecule has 31 heavy (non-hydrogen) atoms. The van der Waals surface area contributed by atoms with Gasteiger partial charge in [-0.15, -0.1) is 32.9 Å². The van der Waals surface area contributed by atoms with E-state index in [1.165, 1.54) is 16.2 Å². The van der Waals surface area contributed by atoms with Gasteiger partial charge in [-0.05, 0) is 54.1 Å². The lowest BCUT2D eigenvalue weighted by Crippen LogP contribution is -2.15. The van der Waals surface area contributed by atoms with Crippen LogP contribution in [0.1, 0.15) is 50.8 Å². The maximum atomic E-state index is 13.2. The number of anilines is 1. The number of amides is 1. The van der Waals surface area contributed by atoms with Gasteiger partial charge in [-0.3, -0.25) is 9.59 Å². The Morgan fingerprint density at radius 3 is 2.84 bits per heavy atom. The molecule has 0 saturated carbocycles. The monoisotopic (exact) mass is 469 g/mol. The number of nitrogens with one attached hydrogen (secondary N) is 1. The molecule has 0 fully saturated rings. The second-order valence-electron chi connectivity index (χ2n) is 7.28. The van der Waals surface area contributed by atoms with Gasteiger partial charge in [0.15, 0.2) is 0 Å². The topological polar surface area (TPSA) is 85.1 Å². The van der Waals surface area contributed by atoms with E-state index in [4.69, 9.17) is 4.42 Å². The van der Waals surface area contributed by atoms with Crippen molar-refractivity contribution in [3.05, 3.63) is 61.1 Å².